The molecule has 0 spiro atoms. The molecule has 0 radical (unpaired) electrons. The van der Waals surface area contributed by atoms with Crippen molar-refractivity contribution in [2.45, 2.75) is 46.6 Å². The Morgan fingerprint density at radius 2 is 1.71 bits per heavy atom. The van der Waals surface area contributed by atoms with Crippen molar-refractivity contribution < 1.29 is 18.7 Å². The predicted molar refractivity (Wildman–Crippen MR) is 152 cm³/mol. The number of rotatable bonds is 9. The second-order valence-electron chi connectivity index (χ2n) is 10.9. The first-order valence-electron chi connectivity index (χ1n) is 13.5. The average Bonchev–Trinajstić information content (AvgIpc) is 3.24. The van der Waals surface area contributed by atoms with E-state index in [0.29, 0.717) is 25.5 Å². The van der Waals surface area contributed by atoms with Crippen LogP contribution in [0.25, 0.3) is 11.0 Å². The van der Waals surface area contributed by atoms with Crippen molar-refractivity contribution in [3.05, 3.63) is 65.4 Å². The Morgan fingerprint density at radius 1 is 1.05 bits per heavy atom. The van der Waals surface area contributed by atoms with E-state index in [1.165, 1.54) is 18.4 Å². The summed E-state index contributed by atoms with van der Waals surface area (Å²) in [6.07, 6.45) is 4.05. The van der Waals surface area contributed by atoms with Gasteiger partial charge in [0.15, 0.2) is 5.76 Å². The fourth-order valence-electron chi connectivity index (χ4n) is 5.43. The lowest BCUT2D eigenvalue weighted by molar-refractivity contribution is -0.106. The lowest BCUT2D eigenvalue weighted by atomic mass is 9.68. The summed E-state index contributed by atoms with van der Waals surface area (Å²) in [7, 11) is 3.97. The molecule has 0 bridgehead atoms. The highest BCUT2D eigenvalue weighted by Gasteiger charge is 2.30. The monoisotopic (exact) mass is 521 g/mol. The Bertz CT molecular complexity index is 1170. The van der Waals surface area contributed by atoms with Gasteiger partial charge in [-0.3, -0.25) is 9.59 Å². The van der Waals surface area contributed by atoms with Crippen molar-refractivity contribution in [3.63, 3.8) is 0 Å². The Kier molecular flexibility index (Phi) is 10.8. The first-order valence-corrected chi connectivity index (χ1v) is 13.5. The molecule has 0 saturated heterocycles. The predicted octanol–water partition coefficient (Wildman–Crippen LogP) is 5.27. The molecule has 2 amide bonds. The molecular formula is C31H43N3O4. The van der Waals surface area contributed by atoms with Crippen LogP contribution in [0.3, 0.4) is 0 Å². The SMILES string of the molecule is CC1C[C@H](C)[C@H](C)CC1Cc1ccc(OCCNC(=O)c2oc3ccccc3c2CN(C)C)cc1.NC=O. The van der Waals surface area contributed by atoms with Crippen molar-refractivity contribution in [1.29, 1.82) is 0 Å². The van der Waals surface area contributed by atoms with Gasteiger partial charge in [0.25, 0.3) is 5.91 Å². The number of carbonyl (C=O) groups is 2. The molecule has 1 fully saturated rings. The van der Waals surface area contributed by atoms with E-state index in [0.717, 1.165) is 52.4 Å². The number of amides is 2. The Morgan fingerprint density at radius 3 is 2.39 bits per heavy atom. The number of nitrogens with zero attached hydrogens (tertiary/aromatic N) is 1. The number of furan rings is 1. The van der Waals surface area contributed by atoms with Gasteiger partial charge in [0, 0.05) is 17.5 Å². The van der Waals surface area contributed by atoms with Gasteiger partial charge in [-0.25, -0.2) is 0 Å². The van der Waals surface area contributed by atoms with Gasteiger partial charge in [0.1, 0.15) is 17.9 Å². The molecule has 1 aliphatic carbocycles. The van der Waals surface area contributed by atoms with Crippen LogP contribution in [0.5, 0.6) is 5.75 Å². The largest absolute Gasteiger partial charge is 0.492 e. The molecule has 2 aromatic carbocycles. The Hall–Kier alpha value is -3.32. The lowest BCUT2D eigenvalue weighted by Crippen LogP contribution is -2.29. The van der Waals surface area contributed by atoms with Gasteiger partial charge in [-0.15, -0.1) is 0 Å². The number of ether oxygens (including phenoxy) is 1. The third-order valence-electron chi connectivity index (χ3n) is 7.65. The zero-order valence-corrected chi connectivity index (χ0v) is 23.4. The zero-order valence-electron chi connectivity index (χ0n) is 23.4. The molecule has 2 unspecified atom stereocenters. The van der Waals surface area contributed by atoms with Gasteiger partial charge in [-0.05, 0) is 80.8 Å². The third kappa shape index (κ3) is 7.84. The summed E-state index contributed by atoms with van der Waals surface area (Å²) >= 11 is 0. The highest BCUT2D eigenvalue weighted by atomic mass is 16.5. The number of nitrogens with two attached hydrogens (primary N) is 1. The first-order chi connectivity index (χ1) is 18.2. The molecule has 7 nitrogen and oxygen atoms in total. The number of benzene rings is 2. The van der Waals surface area contributed by atoms with Crippen LogP contribution < -0.4 is 15.8 Å². The maximum atomic E-state index is 12.9. The van der Waals surface area contributed by atoms with Crippen LogP contribution in [-0.2, 0) is 17.8 Å². The summed E-state index contributed by atoms with van der Waals surface area (Å²) < 4.78 is 11.8. The number of nitrogens with one attached hydrogen (secondary N) is 1. The van der Waals surface area contributed by atoms with Crippen LogP contribution in [0.1, 0.15) is 55.3 Å². The summed E-state index contributed by atoms with van der Waals surface area (Å²) in [5.74, 6) is 4.20. The van der Waals surface area contributed by atoms with Crippen molar-refractivity contribution >= 4 is 23.3 Å². The normalized spacial score (nSPS) is 21.0. The minimum Gasteiger partial charge on any atom is -0.492 e. The summed E-state index contributed by atoms with van der Waals surface area (Å²) in [5.41, 5.74) is 7.19. The molecule has 4 rings (SSSR count). The minimum atomic E-state index is -0.206. The van der Waals surface area contributed by atoms with E-state index in [1.54, 1.807) is 0 Å². The number of carbonyl (C=O) groups excluding carboxylic acids is 2. The average molecular weight is 522 g/mol. The van der Waals surface area contributed by atoms with Gasteiger partial charge >= 0.3 is 0 Å². The van der Waals surface area contributed by atoms with Crippen LogP contribution in [0.2, 0.25) is 0 Å². The van der Waals surface area contributed by atoms with Crippen molar-refractivity contribution in [3.8, 4) is 5.75 Å². The van der Waals surface area contributed by atoms with Crippen LogP contribution in [0.15, 0.2) is 52.9 Å². The molecule has 1 saturated carbocycles. The first kappa shape index (κ1) is 29.2. The summed E-state index contributed by atoms with van der Waals surface area (Å²) in [5, 5.41) is 3.93. The number of para-hydroxylation sites is 1. The smallest absolute Gasteiger partial charge is 0.287 e. The summed E-state index contributed by atoms with van der Waals surface area (Å²) in [6.45, 7) is 8.66. The van der Waals surface area contributed by atoms with Crippen molar-refractivity contribution in [2.75, 3.05) is 27.2 Å². The van der Waals surface area contributed by atoms with Gasteiger partial charge in [-0.1, -0.05) is 51.1 Å². The highest BCUT2D eigenvalue weighted by molar-refractivity contribution is 5.99. The second kappa shape index (κ2) is 14.0. The molecular weight excluding hydrogens is 478 g/mol. The van der Waals surface area contributed by atoms with Crippen molar-refractivity contribution in [1.82, 2.24) is 10.2 Å². The van der Waals surface area contributed by atoms with Gasteiger partial charge in [-0.2, -0.15) is 0 Å². The topological polar surface area (TPSA) is 97.8 Å². The van der Waals surface area contributed by atoms with E-state index in [9.17, 15) is 4.79 Å². The molecule has 1 heterocycles. The maximum Gasteiger partial charge on any atom is 0.287 e. The Balaban J connectivity index is 0.00000127. The molecule has 4 atom stereocenters. The van der Waals surface area contributed by atoms with Crippen LogP contribution in [0, 0.1) is 23.7 Å². The van der Waals surface area contributed by atoms with Crippen LogP contribution >= 0.6 is 0 Å². The molecule has 3 N–H and O–H groups in total. The minimum absolute atomic E-state index is 0.206. The van der Waals surface area contributed by atoms with E-state index in [2.05, 4.69) is 44.0 Å². The lowest BCUT2D eigenvalue weighted by Gasteiger charge is -2.37. The van der Waals surface area contributed by atoms with E-state index < -0.39 is 0 Å². The quantitative estimate of drug-likeness (QED) is 0.295. The molecule has 3 aromatic rings. The Labute approximate surface area is 226 Å². The maximum absolute atomic E-state index is 12.9. The van der Waals surface area contributed by atoms with E-state index in [4.69, 9.17) is 13.9 Å². The van der Waals surface area contributed by atoms with E-state index >= 15 is 0 Å². The molecule has 0 aliphatic heterocycles. The molecule has 1 aliphatic rings. The number of fused-ring (bicyclic) bond motifs is 1. The fourth-order valence-corrected chi connectivity index (χ4v) is 5.43. The molecule has 7 heteroatoms. The third-order valence-corrected chi connectivity index (χ3v) is 7.65. The standard InChI is InChI=1S/C30H40N2O3.CH3NO/c1-20-16-22(3)24(17-21(20)2)18-23-10-12-25(13-11-23)34-15-14-31-30(33)29-27(19-32(4)5)26-8-6-7-9-28(26)35-29;2-1-3/h6-13,20-22,24H,14-19H2,1-5H3,(H,31,33);1H,(H2,2,3)/t20-,21+,22?,24?;/m0./s1. The number of hydrogen-bond donors (Lipinski definition) is 2. The van der Waals surface area contributed by atoms with Crippen molar-refractivity contribution in [2.24, 2.45) is 29.4 Å². The van der Waals surface area contributed by atoms with Gasteiger partial charge in [0.2, 0.25) is 6.41 Å². The molecule has 206 valence electrons. The second-order valence-corrected chi connectivity index (χ2v) is 10.9. The molecule has 1 aromatic heterocycles. The highest BCUT2D eigenvalue weighted by Crippen LogP contribution is 2.39. The van der Waals surface area contributed by atoms with Crippen LogP contribution in [0.4, 0.5) is 0 Å². The number of primary amides is 1. The van der Waals surface area contributed by atoms with Gasteiger partial charge in [0.05, 0.1) is 6.54 Å². The molecule has 38 heavy (non-hydrogen) atoms. The zero-order chi connectivity index (χ0) is 27.7. The number of hydrogen-bond acceptors (Lipinski definition) is 5. The van der Waals surface area contributed by atoms with Crippen LogP contribution in [-0.4, -0.2) is 44.5 Å². The summed E-state index contributed by atoms with van der Waals surface area (Å²) in [6, 6.07) is 16.2. The fraction of sp³-hybridized carbons (Fsp3) is 0.484. The van der Waals surface area contributed by atoms with E-state index in [1.807, 2.05) is 55.4 Å². The summed E-state index contributed by atoms with van der Waals surface area (Å²) in [4.78, 5) is 23.5. The van der Waals surface area contributed by atoms with E-state index in [-0.39, 0.29) is 12.3 Å². The van der Waals surface area contributed by atoms with Gasteiger partial charge < -0.3 is 25.1 Å².